The number of benzene rings is 1. The van der Waals surface area contributed by atoms with Gasteiger partial charge in [0.15, 0.2) is 5.82 Å². The molecule has 0 saturated carbocycles. The van der Waals surface area contributed by atoms with Gasteiger partial charge in [-0.3, -0.25) is 4.79 Å². The number of carbonyl (C=O) groups excluding carboxylic acids is 1. The Balaban J connectivity index is 1.43. The fourth-order valence-electron chi connectivity index (χ4n) is 4.23. The molecular formula is C22H22N4O2. The van der Waals surface area contributed by atoms with Gasteiger partial charge in [0.05, 0.1) is 17.9 Å². The molecule has 0 atom stereocenters. The van der Waals surface area contributed by atoms with Crippen LogP contribution in [0.2, 0.25) is 0 Å². The van der Waals surface area contributed by atoms with Gasteiger partial charge < -0.3 is 14.6 Å². The van der Waals surface area contributed by atoms with Crippen LogP contribution in [0.5, 0.6) is 0 Å². The van der Waals surface area contributed by atoms with Gasteiger partial charge in [-0.2, -0.15) is 0 Å². The Kier molecular flexibility index (Phi) is 4.20. The van der Waals surface area contributed by atoms with Gasteiger partial charge in [0.25, 0.3) is 5.91 Å². The van der Waals surface area contributed by atoms with Crippen LogP contribution in [0, 0.1) is 0 Å². The number of likely N-dealkylation sites (tertiary alicyclic amines) is 1. The van der Waals surface area contributed by atoms with Crippen LogP contribution in [0.3, 0.4) is 0 Å². The highest BCUT2D eigenvalue weighted by atomic mass is 16.5. The van der Waals surface area contributed by atoms with Crippen molar-refractivity contribution < 1.29 is 9.53 Å². The highest BCUT2D eigenvalue weighted by molar-refractivity contribution is 5.94. The van der Waals surface area contributed by atoms with Crippen molar-refractivity contribution in [2.45, 2.75) is 24.9 Å². The van der Waals surface area contributed by atoms with E-state index in [2.05, 4.69) is 9.97 Å². The number of rotatable bonds is 2. The molecule has 0 aliphatic carbocycles. The van der Waals surface area contributed by atoms with Crippen LogP contribution in [0.1, 0.15) is 34.5 Å². The van der Waals surface area contributed by atoms with E-state index < -0.39 is 5.60 Å². The second kappa shape index (κ2) is 6.87. The van der Waals surface area contributed by atoms with Gasteiger partial charge in [-0.1, -0.05) is 30.3 Å². The number of aromatic nitrogens is 3. The average molecular weight is 374 g/mol. The quantitative estimate of drug-likeness (QED) is 0.748. The Labute approximate surface area is 163 Å². The van der Waals surface area contributed by atoms with Gasteiger partial charge in [0, 0.05) is 37.2 Å². The maximum absolute atomic E-state index is 12.7. The summed E-state index contributed by atoms with van der Waals surface area (Å²) in [5, 5.41) is 0. The Morgan fingerprint density at radius 3 is 2.71 bits per heavy atom. The summed E-state index contributed by atoms with van der Waals surface area (Å²) in [5.41, 5.74) is 3.45. The van der Waals surface area contributed by atoms with E-state index in [0.717, 1.165) is 41.9 Å². The SMILES string of the molecule is O=C(c1cc[nH]c1)N1CCC2(CC1)OCCc1cnc(-c3ccccc3)nc12. The standard InChI is InChI=1S/C22H22N4O2/c27-21(18-6-10-23-14-18)26-11-8-22(9-12-26)19-17(7-13-28-22)15-24-20(25-19)16-4-2-1-3-5-16/h1-6,10,14-15,23H,7-9,11-13H2. The molecule has 28 heavy (non-hydrogen) atoms. The summed E-state index contributed by atoms with van der Waals surface area (Å²) in [4.78, 5) is 27.0. The first kappa shape index (κ1) is 17.1. The van der Waals surface area contributed by atoms with Crippen molar-refractivity contribution in [3.63, 3.8) is 0 Å². The van der Waals surface area contributed by atoms with E-state index in [-0.39, 0.29) is 5.91 Å². The number of nitrogens with one attached hydrogen (secondary N) is 1. The molecule has 1 amide bonds. The lowest BCUT2D eigenvalue weighted by molar-refractivity contribution is -0.0967. The van der Waals surface area contributed by atoms with Crippen LogP contribution in [0.25, 0.3) is 11.4 Å². The van der Waals surface area contributed by atoms with Crippen LogP contribution in [-0.4, -0.2) is 45.5 Å². The monoisotopic (exact) mass is 374 g/mol. The van der Waals surface area contributed by atoms with Crippen molar-refractivity contribution >= 4 is 5.91 Å². The maximum Gasteiger partial charge on any atom is 0.255 e. The largest absolute Gasteiger partial charge is 0.368 e. The van der Waals surface area contributed by atoms with E-state index in [4.69, 9.17) is 9.72 Å². The van der Waals surface area contributed by atoms with Crippen molar-refractivity contribution in [2.75, 3.05) is 19.7 Å². The topological polar surface area (TPSA) is 71.1 Å². The van der Waals surface area contributed by atoms with Crippen LogP contribution in [0.15, 0.2) is 55.0 Å². The first-order valence-corrected chi connectivity index (χ1v) is 9.73. The summed E-state index contributed by atoms with van der Waals surface area (Å²) in [6, 6.07) is 11.8. The Morgan fingerprint density at radius 2 is 1.96 bits per heavy atom. The molecule has 6 heteroatoms. The van der Waals surface area contributed by atoms with Crippen LogP contribution < -0.4 is 0 Å². The lowest BCUT2D eigenvalue weighted by atomic mass is 9.83. The summed E-state index contributed by atoms with van der Waals surface area (Å²) < 4.78 is 6.31. The molecular weight excluding hydrogens is 352 g/mol. The smallest absolute Gasteiger partial charge is 0.255 e. The number of amides is 1. The molecule has 1 spiro atoms. The Morgan fingerprint density at radius 1 is 1.14 bits per heavy atom. The molecule has 6 nitrogen and oxygen atoms in total. The van der Waals surface area contributed by atoms with Gasteiger partial charge in [-0.25, -0.2) is 9.97 Å². The van der Waals surface area contributed by atoms with E-state index in [1.165, 1.54) is 0 Å². The third-order valence-corrected chi connectivity index (χ3v) is 5.78. The van der Waals surface area contributed by atoms with Crippen LogP contribution >= 0.6 is 0 Å². The number of hydrogen-bond donors (Lipinski definition) is 1. The van der Waals surface area contributed by atoms with Crippen molar-refractivity contribution in [3.05, 3.63) is 71.8 Å². The zero-order chi connectivity index (χ0) is 19.0. The Hall–Kier alpha value is -2.99. The number of fused-ring (bicyclic) bond motifs is 2. The third-order valence-electron chi connectivity index (χ3n) is 5.78. The average Bonchev–Trinajstić information content (AvgIpc) is 3.30. The lowest BCUT2D eigenvalue weighted by Gasteiger charge is -2.44. The first-order chi connectivity index (χ1) is 13.8. The number of carbonyl (C=O) groups is 1. The van der Waals surface area contributed by atoms with Gasteiger partial charge in [0.1, 0.15) is 5.60 Å². The van der Waals surface area contributed by atoms with Crippen molar-refractivity contribution in [1.29, 1.82) is 0 Å². The lowest BCUT2D eigenvalue weighted by Crippen LogP contribution is -2.48. The molecule has 142 valence electrons. The summed E-state index contributed by atoms with van der Waals surface area (Å²) in [6.07, 6.45) is 7.81. The maximum atomic E-state index is 12.7. The number of H-pyrrole nitrogens is 1. The molecule has 1 fully saturated rings. The van der Waals surface area contributed by atoms with Gasteiger partial charge in [-0.05, 0) is 30.9 Å². The number of ether oxygens (including phenoxy) is 1. The second-order valence-electron chi connectivity index (χ2n) is 7.42. The zero-order valence-electron chi connectivity index (χ0n) is 15.6. The fourth-order valence-corrected chi connectivity index (χ4v) is 4.23. The van der Waals surface area contributed by atoms with E-state index >= 15 is 0 Å². The van der Waals surface area contributed by atoms with Gasteiger partial charge in [0.2, 0.25) is 0 Å². The molecule has 2 aromatic heterocycles. The van der Waals surface area contributed by atoms with Crippen LogP contribution in [0.4, 0.5) is 0 Å². The molecule has 2 aliphatic rings. The predicted octanol–water partition coefficient (Wildman–Crippen LogP) is 3.18. The number of piperidine rings is 1. The predicted molar refractivity (Wildman–Crippen MR) is 105 cm³/mol. The number of aromatic amines is 1. The minimum atomic E-state index is -0.422. The van der Waals surface area contributed by atoms with Crippen LogP contribution in [-0.2, 0) is 16.8 Å². The molecule has 1 saturated heterocycles. The zero-order valence-corrected chi connectivity index (χ0v) is 15.6. The molecule has 1 aromatic carbocycles. The third kappa shape index (κ3) is 2.90. The highest BCUT2D eigenvalue weighted by Gasteiger charge is 2.43. The Bertz CT molecular complexity index is 977. The van der Waals surface area contributed by atoms with Crippen molar-refractivity contribution in [2.24, 2.45) is 0 Å². The number of hydrogen-bond acceptors (Lipinski definition) is 4. The molecule has 0 radical (unpaired) electrons. The minimum Gasteiger partial charge on any atom is -0.368 e. The molecule has 5 rings (SSSR count). The fraction of sp³-hybridized carbons (Fsp3) is 0.318. The van der Waals surface area contributed by atoms with Gasteiger partial charge in [-0.15, -0.1) is 0 Å². The molecule has 0 bridgehead atoms. The minimum absolute atomic E-state index is 0.0693. The van der Waals surface area contributed by atoms with E-state index in [9.17, 15) is 4.79 Å². The van der Waals surface area contributed by atoms with E-state index in [0.29, 0.717) is 25.3 Å². The number of nitrogens with zero attached hydrogens (tertiary/aromatic N) is 3. The molecule has 3 aromatic rings. The summed E-state index contributed by atoms with van der Waals surface area (Å²) >= 11 is 0. The molecule has 1 N–H and O–H groups in total. The molecule has 0 unspecified atom stereocenters. The van der Waals surface area contributed by atoms with Gasteiger partial charge >= 0.3 is 0 Å². The van der Waals surface area contributed by atoms with E-state index in [1.807, 2.05) is 47.5 Å². The summed E-state index contributed by atoms with van der Waals surface area (Å²) in [5.74, 6) is 0.801. The first-order valence-electron chi connectivity index (χ1n) is 9.73. The van der Waals surface area contributed by atoms with Crippen molar-refractivity contribution in [3.8, 4) is 11.4 Å². The normalized spacial score (nSPS) is 18.1. The molecule has 2 aliphatic heterocycles. The van der Waals surface area contributed by atoms with Crippen molar-refractivity contribution in [1.82, 2.24) is 19.9 Å². The summed E-state index contributed by atoms with van der Waals surface area (Å²) in [7, 11) is 0. The van der Waals surface area contributed by atoms with E-state index in [1.54, 1.807) is 12.4 Å². The molecule has 4 heterocycles. The highest BCUT2D eigenvalue weighted by Crippen LogP contribution is 2.41. The summed E-state index contributed by atoms with van der Waals surface area (Å²) in [6.45, 7) is 2.00. The second-order valence-corrected chi connectivity index (χ2v) is 7.42.